The lowest BCUT2D eigenvalue weighted by molar-refractivity contribution is -0.0136. The second-order valence-corrected chi connectivity index (χ2v) is 6.46. The first-order chi connectivity index (χ1) is 15.6. The van der Waals surface area contributed by atoms with E-state index in [1.807, 2.05) is 0 Å². The lowest BCUT2D eigenvalue weighted by atomic mass is 10.0. The maximum absolute atomic E-state index is 11.8. The summed E-state index contributed by atoms with van der Waals surface area (Å²) in [4.78, 5) is 11.8. The molecule has 0 fully saturated rings. The summed E-state index contributed by atoms with van der Waals surface area (Å²) >= 11 is 0. The third kappa shape index (κ3) is 3.13. The molecule has 2 atom stereocenters. The SMILES string of the molecule is [2H]C([2H])([2H])Oc1cc([C@H]2Oc3c(OC)cc4ccc(=O)oc4c3O[C@@H]2CO)cc(OC)c1O. The van der Waals surface area contributed by atoms with E-state index in [0.717, 1.165) is 0 Å². The van der Waals surface area contributed by atoms with Crippen LogP contribution in [0.25, 0.3) is 11.0 Å². The highest BCUT2D eigenvalue weighted by molar-refractivity contribution is 5.88. The monoisotopic (exact) mass is 419 g/mol. The molecular weight excluding hydrogens is 396 g/mol. The molecule has 0 spiro atoms. The highest BCUT2D eigenvalue weighted by Crippen LogP contribution is 2.50. The maximum Gasteiger partial charge on any atom is 0.336 e. The Balaban J connectivity index is 1.86. The predicted molar refractivity (Wildman–Crippen MR) is 105 cm³/mol. The summed E-state index contributed by atoms with van der Waals surface area (Å²) in [6.07, 6.45) is -2.01. The summed E-state index contributed by atoms with van der Waals surface area (Å²) in [5, 5.41) is 20.8. The maximum atomic E-state index is 11.8. The number of aliphatic hydroxyl groups excluding tert-OH is 1. The van der Waals surface area contributed by atoms with Crippen LogP contribution < -0.4 is 29.3 Å². The second-order valence-electron chi connectivity index (χ2n) is 6.46. The van der Waals surface area contributed by atoms with Crippen LogP contribution in [0, 0.1) is 0 Å². The van der Waals surface area contributed by atoms with E-state index in [-0.39, 0.29) is 39.9 Å². The summed E-state index contributed by atoms with van der Waals surface area (Å²) in [5.74, 6) is -0.500. The number of phenolic OH excluding ortho intramolecular Hbond substituents is 1. The van der Waals surface area contributed by atoms with Gasteiger partial charge in [0.15, 0.2) is 35.0 Å². The van der Waals surface area contributed by atoms with Gasteiger partial charge in [0.1, 0.15) is 0 Å². The second kappa shape index (κ2) is 7.68. The Morgan fingerprint density at radius 2 is 1.77 bits per heavy atom. The zero-order valence-electron chi connectivity index (χ0n) is 19.0. The number of hydrogen-bond donors (Lipinski definition) is 2. The van der Waals surface area contributed by atoms with E-state index in [4.69, 9.17) is 32.2 Å². The first-order valence-corrected chi connectivity index (χ1v) is 8.84. The predicted octanol–water partition coefficient (Wildman–Crippen LogP) is 2.40. The summed E-state index contributed by atoms with van der Waals surface area (Å²) in [7, 11) is -0.136. The van der Waals surface area contributed by atoms with Crippen molar-refractivity contribution in [1.82, 2.24) is 0 Å². The zero-order valence-corrected chi connectivity index (χ0v) is 16.0. The van der Waals surface area contributed by atoms with Gasteiger partial charge in [-0.05, 0) is 24.3 Å². The van der Waals surface area contributed by atoms with E-state index in [9.17, 15) is 15.0 Å². The fraction of sp³-hybridized carbons (Fsp3) is 0.286. The topological polar surface area (TPSA) is 117 Å². The molecule has 2 aromatic carbocycles. The molecule has 9 nitrogen and oxygen atoms in total. The van der Waals surface area contributed by atoms with Crippen molar-refractivity contribution in [3.05, 3.63) is 46.3 Å². The molecule has 1 aliphatic heterocycles. The van der Waals surface area contributed by atoms with Gasteiger partial charge in [-0.25, -0.2) is 4.79 Å². The van der Waals surface area contributed by atoms with Crippen molar-refractivity contribution in [1.29, 1.82) is 0 Å². The molecule has 1 aliphatic rings. The van der Waals surface area contributed by atoms with E-state index in [2.05, 4.69) is 0 Å². The summed E-state index contributed by atoms with van der Waals surface area (Å²) in [6.45, 7) is -0.515. The number of benzene rings is 2. The molecule has 0 saturated heterocycles. The number of ether oxygens (including phenoxy) is 5. The van der Waals surface area contributed by atoms with Crippen LogP contribution in [-0.4, -0.2) is 44.2 Å². The molecule has 0 aliphatic carbocycles. The van der Waals surface area contributed by atoms with Gasteiger partial charge in [-0.3, -0.25) is 0 Å². The molecule has 158 valence electrons. The third-order valence-electron chi connectivity index (χ3n) is 4.76. The number of fused-ring (bicyclic) bond motifs is 3. The number of rotatable bonds is 5. The highest BCUT2D eigenvalue weighted by Gasteiger charge is 2.37. The van der Waals surface area contributed by atoms with Gasteiger partial charge in [0, 0.05) is 17.0 Å². The first-order valence-electron chi connectivity index (χ1n) is 10.3. The molecular formula is C21H20O9. The molecule has 0 amide bonds. The van der Waals surface area contributed by atoms with E-state index in [0.29, 0.717) is 5.39 Å². The lowest BCUT2D eigenvalue weighted by Crippen LogP contribution is -2.36. The number of methoxy groups -OCH3 is 3. The van der Waals surface area contributed by atoms with E-state index in [1.54, 1.807) is 6.07 Å². The first kappa shape index (κ1) is 16.2. The summed E-state index contributed by atoms with van der Waals surface area (Å²) in [6, 6.07) is 7.03. The van der Waals surface area contributed by atoms with Crippen LogP contribution in [0.1, 0.15) is 15.8 Å². The van der Waals surface area contributed by atoms with Gasteiger partial charge in [-0.1, -0.05) is 0 Å². The van der Waals surface area contributed by atoms with Crippen LogP contribution in [-0.2, 0) is 0 Å². The fourth-order valence-electron chi connectivity index (χ4n) is 3.34. The van der Waals surface area contributed by atoms with Gasteiger partial charge in [0.25, 0.3) is 0 Å². The Morgan fingerprint density at radius 3 is 2.43 bits per heavy atom. The molecule has 0 saturated carbocycles. The van der Waals surface area contributed by atoms with Crippen molar-refractivity contribution in [2.24, 2.45) is 0 Å². The smallest absolute Gasteiger partial charge is 0.336 e. The van der Waals surface area contributed by atoms with Crippen molar-refractivity contribution in [2.75, 3.05) is 27.9 Å². The van der Waals surface area contributed by atoms with Crippen molar-refractivity contribution < 1.29 is 42.4 Å². The van der Waals surface area contributed by atoms with Crippen molar-refractivity contribution in [3.8, 4) is 34.5 Å². The number of aliphatic hydroxyl groups is 1. The third-order valence-corrected chi connectivity index (χ3v) is 4.76. The standard InChI is InChI=1S/C21H20O9/c1-25-12-7-11(8-13(26-2)17(12)24)18-15(9-22)28-21-19-10(4-5-16(23)29-19)6-14(27-3)20(21)30-18/h4-8,15,18,22,24H,9H2,1-3H3/t15-,18-/m1/s1/i1D3. The van der Waals surface area contributed by atoms with Crippen LogP contribution in [0.15, 0.2) is 39.5 Å². The Hall–Kier alpha value is -3.59. The molecule has 30 heavy (non-hydrogen) atoms. The van der Waals surface area contributed by atoms with Crippen LogP contribution in [0.5, 0.6) is 34.5 Å². The molecule has 3 aromatic rings. The average Bonchev–Trinajstić information content (AvgIpc) is 2.78. The molecule has 2 N–H and O–H groups in total. The van der Waals surface area contributed by atoms with E-state index in [1.165, 1.54) is 38.5 Å². The van der Waals surface area contributed by atoms with Crippen molar-refractivity contribution in [3.63, 3.8) is 0 Å². The molecule has 4 rings (SSSR count). The van der Waals surface area contributed by atoms with Crippen LogP contribution in [0.4, 0.5) is 0 Å². The van der Waals surface area contributed by atoms with Crippen LogP contribution in [0.2, 0.25) is 0 Å². The van der Waals surface area contributed by atoms with Crippen LogP contribution in [0.3, 0.4) is 0 Å². The molecule has 2 heterocycles. The normalized spacial score (nSPS) is 19.5. The van der Waals surface area contributed by atoms with Gasteiger partial charge in [0.2, 0.25) is 17.2 Å². The van der Waals surface area contributed by atoms with Crippen molar-refractivity contribution in [2.45, 2.75) is 12.2 Å². The van der Waals surface area contributed by atoms with Gasteiger partial charge in [-0.15, -0.1) is 0 Å². The Labute approximate surface area is 175 Å². The summed E-state index contributed by atoms with van der Waals surface area (Å²) < 4.78 is 54.8. The molecule has 1 aromatic heterocycles. The van der Waals surface area contributed by atoms with Gasteiger partial charge >= 0.3 is 5.63 Å². The van der Waals surface area contributed by atoms with E-state index < -0.39 is 37.2 Å². The molecule has 0 bridgehead atoms. The molecule has 0 unspecified atom stereocenters. The molecule has 0 radical (unpaired) electrons. The zero-order chi connectivity index (χ0) is 23.9. The van der Waals surface area contributed by atoms with E-state index >= 15 is 0 Å². The molecule has 9 heteroatoms. The van der Waals surface area contributed by atoms with Gasteiger partial charge < -0.3 is 38.3 Å². The highest BCUT2D eigenvalue weighted by atomic mass is 16.6. The summed E-state index contributed by atoms with van der Waals surface area (Å²) in [5.41, 5.74) is -0.203. The average molecular weight is 419 g/mol. The fourth-order valence-corrected chi connectivity index (χ4v) is 3.34. The minimum Gasteiger partial charge on any atom is -0.502 e. The van der Waals surface area contributed by atoms with Crippen molar-refractivity contribution >= 4 is 11.0 Å². The number of hydrogen-bond acceptors (Lipinski definition) is 9. The lowest BCUT2D eigenvalue weighted by Gasteiger charge is -2.34. The van der Waals surface area contributed by atoms with Gasteiger partial charge in [0.05, 0.1) is 32.0 Å². The quantitative estimate of drug-likeness (QED) is 0.601. The van der Waals surface area contributed by atoms with Crippen LogP contribution >= 0.6 is 0 Å². The minimum absolute atomic E-state index is 0.0714. The minimum atomic E-state index is -2.84. The largest absolute Gasteiger partial charge is 0.502 e. The number of aromatic hydroxyl groups is 1. The Bertz CT molecular complexity index is 1250. The Morgan fingerprint density at radius 1 is 1.03 bits per heavy atom. The Kier molecular flexibility index (Phi) is 4.15. The number of phenols is 1. The van der Waals surface area contributed by atoms with Gasteiger partial charge in [-0.2, -0.15) is 0 Å².